The molecule has 32 heavy (non-hydrogen) atoms. The summed E-state index contributed by atoms with van der Waals surface area (Å²) in [6.45, 7) is 0. The molecule has 0 unspecified atom stereocenters. The zero-order chi connectivity index (χ0) is 22.2. The number of rotatable bonds is 4. The zero-order valence-corrected chi connectivity index (χ0v) is 16.9. The maximum absolute atomic E-state index is 12.0. The molecule has 0 heterocycles. The monoisotopic (exact) mass is 418 g/mol. The summed E-state index contributed by atoms with van der Waals surface area (Å²) in [4.78, 5) is 23.9. The highest BCUT2D eigenvalue weighted by atomic mass is 16.4. The number of aromatic carboxylic acids is 2. The lowest BCUT2D eigenvalue weighted by Gasteiger charge is -2.19. The van der Waals surface area contributed by atoms with Crippen molar-refractivity contribution in [1.82, 2.24) is 0 Å². The average Bonchev–Trinajstić information content (AvgIpc) is 2.82. The zero-order valence-electron chi connectivity index (χ0n) is 16.9. The molecule has 0 fully saturated rings. The molecule has 154 valence electrons. The van der Waals surface area contributed by atoms with Crippen LogP contribution in [0.3, 0.4) is 0 Å². The lowest BCUT2D eigenvalue weighted by molar-refractivity contribution is 0.0652. The summed E-state index contributed by atoms with van der Waals surface area (Å²) in [7, 11) is 0. The van der Waals surface area contributed by atoms with Crippen molar-refractivity contribution in [2.75, 3.05) is 0 Å². The third-order valence-corrected chi connectivity index (χ3v) is 5.75. The van der Waals surface area contributed by atoms with Gasteiger partial charge in [-0.1, -0.05) is 84.9 Å². The van der Waals surface area contributed by atoms with Gasteiger partial charge in [0.2, 0.25) is 0 Å². The summed E-state index contributed by atoms with van der Waals surface area (Å²) in [5.41, 5.74) is 3.19. The Labute approximate surface area is 184 Å². The Bertz CT molecular complexity index is 1390. The minimum Gasteiger partial charge on any atom is -0.478 e. The van der Waals surface area contributed by atoms with Crippen LogP contribution in [-0.2, 0) is 0 Å². The molecule has 4 heteroatoms. The Morgan fingerprint density at radius 1 is 0.469 bits per heavy atom. The highest BCUT2D eigenvalue weighted by molar-refractivity contribution is 6.23. The van der Waals surface area contributed by atoms with Crippen LogP contribution in [0, 0.1) is 0 Å². The van der Waals surface area contributed by atoms with Crippen molar-refractivity contribution in [3.05, 3.63) is 108 Å². The SMILES string of the molecule is O=C(O)c1cc2c(-c3ccccc3)c3ccccc3c(-c3ccccc3)c2cc1C(=O)O. The van der Waals surface area contributed by atoms with Crippen LogP contribution in [0.25, 0.3) is 43.8 Å². The van der Waals surface area contributed by atoms with Crippen LogP contribution in [0.15, 0.2) is 97.1 Å². The van der Waals surface area contributed by atoms with Crippen molar-refractivity contribution in [3.8, 4) is 22.3 Å². The van der Waals surface area contributed by atoms with Crippen LogP contribution in [-0.4, -0.2) is 22.2 Å². The van der Waals surface area contributed by atoms with Gasteiger partial charge in [0.15, 0.2) is 0 Å². The number of benzene rings is 5. The Hall–Kier alpha value is -4.44. The van der Waals surface area contributed by atoms with Gasteiger partial charge in [-0.3, -0.25) is 0 Å². The van der Waals surface area contributed by atoms with E-state index in [1.165, 1.54) is 12.1 Å². The molecule has 0 amide bonds. The van der Waals surface area contributed by atoms with Crippen molar-refractivity contribution < 1.29 is 19.8 Å². The first-order valence-electron chi connectivity index (χ1n) is 10.2. The molecule has 0 bridgehead atoms. The second-order valence-electron chi connectivity index (χ2n) is 7.58. The highest BCUT2D eigenvalue weighted by Gasteiger charge is 2.22. The number of hydrogen-bond donors (Lipinski definition) is 2. The van der Waals surface area contributed by atoms with E-state index in [-0.39, 0.29) is 11.1 Å². The molecule has 0 spiro atoms. The summed E-state index contributed by atoms with van der Waals surface area (Å²) in [6.07, 6.45) is 0. The minimum absolute atomic E-state index is 0.225. The highest BCUT2D eigenvalue weighted by Crippen LogP contribution is 2.44. The Balaban J connectivity index is 2.08. The number of fused-ring (bicyclic) bond motifs is 2. The van der Waals surface area contributed by atoms with E-state index >= 15 is 0 Å². The second-order valence-corrected chi connectivity index (χ2v) is 7.58. The molecule has 0 saturated heterocycles. The number of carboxylic acids is 2. The fourth-order valence-electron chi connectivity index (χ4n) is 4.41. The number of hydrogen-bond acceptors (Lipinski definition) is 2. The molecule has 5 aromatic carbocycles. The topological polar surface area (TPSA) is 74.6 Å². The van der Waals surface area contributed by atoms with E-state index < -0.39 is 11.9 Å². The first kappa shape index (κ1) is 19.5. The van der Waals surface area contributed by atoms with E-state index in [1.54, 1.807) is 0 Å². The maximum atomic E-state index is 12.0. The van der Waals surface area contributed by atoms with Gasteiger partial charge < -0.3 is 10.2 Å². The van der Waals surface area contributed by atoms with Gasteiger partial charge in [0, 0.05) is 0 Å². The molecule has 4 nitrogen and oxygen atoms in total. The van der Waals surface area contributed by atoms with E-state index in [4.69, 9.17) is 0 Å². The van der Waals surface area contributed by atoms with Crippen molar-refractivity contribution in [1.29, 1.82) is 0 Å². The summed E-state index contributed by atoms with van der Waals surface area (Å²) >= 11 is 0. The fourth-order valence-corrected chi connectivity index (χ4v) is 4.41. The van der Waals surface area contributed by atoms with Gasteiger partial charge in [-0.25, -0.2) is 9.59 Å². The lowest BCUT2D eigenvalue weighted by atomic mass is 9.84. The Morgan fingerprint density at radius 2 is 0.812 bits per heavy atom. The van der Waals surface area contributed by atoms with E-state index in [2.05, 4.69) is 0 Å². The van der Waals surface area contributed by atoms with Gasteiger partial charge >= 0.3 is 11.9 Å². The van der Waals surface area contributed by atoms with E-state index in [0.29, 0.717) is 10.8 Å². The van der Waals surface area contributed by atoms with Crippen LogP contribution in [0.1, 0.15) is 20.7 Å². The van der Waals surface area contributed by atoms with Crippen molar-refractivity contribution in [2.45, 2.75) is 0 Å². The van der Waals surface area contributed by atoms with Crippen LogP contribution in [0.2, 0.25) is 0 Å². The Morgan fingerprint density at radius 3 is 1.16 bits per heavy atom. The van der Waals surface area contributed by atoms with E-state index in [0.717, 1.165) is 33.0 Å². The molecule has 0 aromatic heterocycles. The van der Waals surface area contributed by atoms with Gasteiger partial charge in [-0.15, -0.1) is 0 Å². The van der Waals surface area contributed by atoms with Crippen LogP contribution in [0.5, 0.6) is 0 Å². The molecule has 5 rings (SSSR count). The second kappa shape index (κ2) is 7.67. The predicted molar refractivity (Wildman–Crippen MR) is 126 cm³/mol. The lowest BCUT2D eigenvalue weighted by Crippen LogP contribution is -2.08. The van der Waals surface area contributed by atoms with E-state index in [1.807, 2.05) is 84.9 Å². The molecule has 0 aliphatic carbocycles. The average molecular weight is 418 g/mol. The normalized spacial score (nSPS) is 11.0. The summed E-state index contributed by atoms with van der Waals surface area (Å²) in [5, 5.41) is 22.9. The van der Waals surface area contributed by atoms with Crippen LogP contribution in [0.4, 0.5) is 0 Å². The van der Waals surface area contributed by atoms with Gasteiger partial charge in [0.1, 0.15) is 0 Å². The number of carboxylic acid groups (broad SMARTS) is 2. The predicted octanol–water partition coefficient (Wildman–Crippen LogP) is 6.72. The van der Waals surface area contributed by atoms with Crippen molar-refractivity contribution in [3.63, 3.8) is 0 Å². The van der Waals surface area contributed by atoms with Gasteiger partial charge in [-0.2, -0.15) is 0 Å². The molecule has 0 aliphatic rings. The fraction of sp³-hybridized carbons (Fsp3) is 0. The largest absolute Gasteiger partial charge is 0.478 e. The summed E-state index contributed by atoms with van der Waals surface area (Å²) in [5.74, 6) is -2.53. The summed E-state index contributed by atoms with van der Waals surface area (Å²) < 4.78 is 0. The van der Waals surface area contributed by atoms with Gasteiger partial charge in [-0.05, 0) is 55.9 Å². The van der Waals surface area contributed by atoms with E-state index in [9.17, 15) is 19.8 Å². The molecule has 0 atom stereocenters. The van der Waals surface area contributed by atoms with Gasteiger partial charge in [0.25, 0.3) is 0 Å². The third kappa shape index (κ3) is 3.10. The first-order chi connectivity index (χ1) is 15.6. The van der Waals surface area contributed by atoms with Crippen molar-refractivity contribution in [2.24, 2.45) is 0 Å². The van der Waals surface area contributed by atoms with Crippen LogP contribution < -0.4 is 0 Å². The molecule has 0 aliphatic heterocycles. The Kier molecular flexibility index (Phi) is 4.68. The molecule has 2 N–H and O–H groups in total. The quantitative estimate of drug-likeness (QED) is 0.318. The smallest absolute Gasteiger partial charge is 0.336 e. The van der Waals surface area contributed by atoms with Crippen LogP contribution >= 0.6 is 0 Å². The minimum atomic E-state index is -1.27. The number of carbonyl (C=O) groups is 2. The van der Waals surface area contributed by atoms with Gasteiger partial charge in [0.05, 0.1) is 11.1 Å². The molecule has 0 saturated carbocycles. The third-order valence-electron chi connectivity index (χ3n) is 5.75. The summed E-state index contributed by atoms with van der Waals surface area (Å²) in [6, 6.07) is 30.5. The standard InChI is InChI=1S/C28H18O4/c29-27(30)23-15-21-22(16-24(23)28(31)32)26(18-11-5-2-6-12-18)20-14-8-7-13-19(20)25(21)17-9-3-1-4-10-17/h1-16H,(H,29,30)(H,31,32). The molecular formula is C28H18O4. The maximum Gasteiger partial charge on any atom is 0.336 e. The molecular weight excluding hydrogens is 400 g/mol. The first-order valence-corrected chi connectivity index (χ1v) is 10.2. The molecule has 5 aromatic rings. The molecule has 0 radical (unpaired) electrons. The van der Waals surface area contributed by atoms with Crippen molar-refractivity contribution >= 4 is 33.5 Å².